The minimum absolute atomic E-state index is 0.0576. The van der Waals surface area contributed by atoms with Crippen molar-refractivity contribution in [1.29, 1.82) is 0 Å². The molecule has 0 aliphatic heterocycles. The largest absolute Gasteiger partial charge is 0.496 e. The molecule has 1 atom stereocenters. The molecule has 0 spiro atoms. The third kappa shape index (κ3) is 5.81. The highest BCUT2D eigenvalue weighted by Crippen LogP contribution is 2.34. The number of benzene rings is 1. The Balaban J connectivity index is 1.97. The molecule has 0 aliphatic rings. The van der Waals surface area contributed by atoms with Gasteiger partial charge in [-0.25, -0.2) is 13.9 Å². The molecular formula is C27H32FN5O5S. The first-order valence-electron chi connectivity index (χ1n) is 12.6. The van der Waals surface area contributed by atoms with Crippen LogP contribution in [0.2, 0.25) is 0 Å². The first-order chi connectivity index (χ1) is 18.5. The van der Waals surface area contributed by atoms with Crippen LogP contribution in [0.25, 0.3) is 15.2 Å². The van der Waals surface area contributed by atoms with Gasteiger partial charge in [0, 0.05) is 29.6 Å². The third-order valence-corrected chi connectivity index (χ3v) is 7.36. The van der Waals surface area contributed by atoms with Gasteiger partial charge >= 0.3 is 5.69 Å². The van der Waals surface area contributed by atoms with Crippen LogP contribution in [-0.2, 0) is 22.6 Å². The van der Waals surface area contributed by atoms with Crippen LogP contribution in [-0.4, -0.2) is 44.1 Å². The SMILES string of the molecule is COc1ccc(F)cc1[C@H](Cn1c(=O)n(CC(=O)NC(C)C)c(=O)c2c(C)c(-n3cccn3)sc21)OC(C)C. The van der Waals surface area contributed by atoms with E-state index in [0.29, 0.717) is 32.1 Å². The van der Waals surface area contributed by atoms with Gasteiger partial charge in [-0.1, -0.05) is 11.3 Å². The van der Waals surface area contributed by atoms with Crippen molar-refractivity contribution in [2.45, 2.75) is 66.0 Å². The molecule has 0 saturated heterocycles. The van der Waals surface area contributed by atoms with Gasteiger partial charge in [0.25, 0.3) is 5.56 Å². The van der Waals surface area contributed by atoms with E-state index in [-0.39, 0.29) is 18.7 Å². The number of fused-ring (bicyclic) bond motifs is 1. The predicted molar refractivity (Wildman–Crippen MR) is 147 cm³/mol. The average molecular weight is 558 g/mol. The smallest absolute Gasteiger partial charge is 0.332 e. The minimum Gasteiger partial charge on any atom is -0.496 e. The van der Waals surface area contributed by atoms with E-state index in [1.54, 1.807) is 43.9 Å². The number of nitrogens with zero attached hydrogens (tertiary/aromatic N) is 4. The quantitative estimate of drug-likeness (QED) is 0.319. The van der Waals surface area contributed by atoms with Crippen molar-refractivity contribution in [2.24, 2.45) is 0 Å². The lowest BCUT2D eigenvalue weighted by atomic mass is 10.1. The lowest BCUT2D eigenvalue weighted by molar-refractivity contribution is -0.122. The number of halogens is 1. The number of nitrogens with one attached hydrogen (secondary N) is 1. The van der Waals surface area contributed by atoms with Crippen LogP contribution < -0.4 is 21.3 Å². The van der Waals surface area contributed by atoms with E-state index in [4.69, 9.17) is 9.47 Å². The molecule has 10 nitrogen and oxygen atoms in total. The van der Waals surface area contributed by atoms with Gasteiger partial charge in [-0.3, -0.25) is 18.7 Å². The number of aromatic nitrogens is 4. The number of hydrogen-bond acceptors (Lipinski definition) is 7. The Morgan fingerprint density at radius 2 is 1.92 bits per heavy atom. The number of thiophene rings is 1. The normalized spacial score (nSPS) is 12.4. The molecule has 0 saturated carbocycles. The van der Waals surface area contributed by atoms with Crippen molar-refractivity contribution in [3.63, 3.8) is 0 Å². The molecule has 0 bridgehead atoms. The predicted octanol–water partition coefficient (Wildman–Crippen LogP) is 3.56. The van der Waals surface area contributed by atoms with Gasteiger partial charge in [-0.05, 0) is 58.9 Å². The Bertz CT molecular complexity index is 1600. The highest BCUT2D eigenvalue weighted by molar-refractivity contribution is 7.21. The molecule has 208 valence electrons. The molecule has 4 rings (SSSR count). The van der Waals surface area contributed by atoms with E-state index in [1.165, 1.54) is 41.2 Å². The number of rotatable bonds is 10. The number of ether oxygens (including phenoxy) is 2. The maximum atomic E-state index is 14.4. The fourth-order valence-electron chi connectivity index (χ4n) is 4.47. The van der Waals surface area contributed by atoms with E-state index in [9.17, 15) is 18.8 Å². The van der Waals surface area contributed by atoms with E-state index in [0.717, 1.165) is 4.57 Å². The number of amides is 1. The summed E-state index contributed by atoms with van der Waals surface area (Å²) in [6.45, 7) is 8.53. The lowest BCUT2D eigenvalue weighted by Gasteiger charge is -2.24. The molecule has 0 radical (unpaired) electrons. The van der Waals surface area contributed by atoms with Crippen molar-refractivity contribution < 1.29 is 18.7 Å². The molecule has 39 heavy (non-hydrogen) atoms. The van der Waals surface area contributed by atoms with Crippen molar-refractivity contribution in [2.75, 3.05) is 7.11 Å². The fraction of sp³-hybridized carbons (Fsp3) is 0.407. The van der Waals surface area contributed by atoms with Gasteiger partial charge in [-0.15, -0.1) is 0 Å². The van der Waals surface area contributed by atoms with Crippen molar-refractivity contribution in [3.05, 3.63) is 74.4 Å². The Morgan fingerprint density at radius 3 is 2.54 bits per heavy atom. The van der Waals surface area contributed by atoms with E-state index >= 15 is 0 Å². The summed E-state index contributed by atoms with van der Waals surface area (Å²) in [5.41, 5.74) is -0.198. The minimum atomic E-state index is -0.803. The number of methoxy groups -OCH3 is 1. The monoisotopic (exact) mass is 557 g/mol. The standard InChI is InChI=1S/C27H32FN5O5S/c1-15(2)30-22(34)14-31-24(35)23-17(5)25(33-11-7-10-29-33)39-26(23)32(27(31)36)13-21(38-16(3)4)19-12-18(28)8-9-20(19)37-6/h7-12,15-16,21H,13-14H2,1-6H3,(H,30,34)/t21-/m0/s1. The van der Waals surface area contributed by atoms with Crippen LogP contribution in [0.1, 0.15) is 44.9 Å². The van der Waals surface area contributed by atoms with Crippen molar-refractivity contribution in [1.82, 2.24) is 24.2 Å². The molecule has 1 aromatic carbocycles. The summed E-state index contributed by atoms with van der Waals surface area (Å²) < 4.78 is 30.0. The average Bonchev–Trinajstić information content (AvgIpc) is 3.51. The van der Waals surface area contributed by atoms with Crippen molar-refractivity contribution in [3.8, 4) is 10.8 Å². The van der Waals surface area contributed by atoms with Gasteiger partial charge < -0.3 is 14.8 Å². The third-order valence-electron chi connectivity index (χ3n) is 6.06. The summed E-state index contributed by atoms with van der Waals surface area (Å²) >= 11 is 1.23. The Hall–Kier alpha value is -3.77. The maximum absolute atomic E-state index is 14.4. The molecule has 0 unspecified atom stereocenters. The molecule has 1 N–H and O–H groups in total. The fourth-order valence-corrected chi connectivity index (χ4v) is 5.71. The second-order valence-electron chi connectivity index (χ2n) is 9.73. The Labute approximate surface area is 228 Å². The molecule has 4 aromatic rings. The van der Waals surface area contributed by atoms with Crippen LogP contribution in [0.5, 0.6) is 5.75 Å². The zero-order valence-electron chi connectivity index (χ0n) is 22.7. The summed E-state index contributed by atoms with van der Waals surface area (Å²) in [7, 11) is 1.47. The van der Waals surface area contributed by atoms with Crippen molar-refractivity contribution >= 4 is 27.5 Å². The molecule has 0 aliphatic carbocycles. The van der Waals surface area contributed by atoms with E-state index in [2.05, 4.69) is 10.4 Å². The van der Waals surface area contributed by atoms with E-state index < -0.39 is 35.6 Å². The molecule has 3 heterocycles. The summed E-state index contributed by atoms with van der Waals surface area (Å²) in [5.74, 6) is -0.545. The lowest BCUT2D eigenvalue weighted by Crippen LogP contribution is -2.45. The molecule has 3 aromatic heterocycles. The zero-order valence-corrected chi connectivity index (χ0v) is 23.5. The summed E-state index contributed by atoms with van der Waals surface area (Å²) in [4.78, 5) is 40.6. The second kappa shape index (κ2) is 11.5. The molecule has 0 fully saturated rings. The summed E-state index contributed by atoms with van der Waals surface area (Å²) in [6, 6.07) is 5.69. The Morgan fingerprint density at radius 1 is 1.18 bits per heavy atom. The summed E-state index contributed by atoms with van der Waals surface area (Å²) in [6.07, 6.45) is 2.29. The van der Waals surface area contributed by atoms with Gasteiger partial charge in [0.1, 0.15) is 34.0 Å². The van der Waals surface area contributed by atoms with Gasteiger partial charge in [0.15, 0.2) is 0 Å². The van der Waals surface area contributed by atoms with Crippen LogP contribution in [0.4, 0.5) is 4.39 Å². The number of carbonyl (C=O) groups is 1. The highest BCUT2D eigenvalue weighted by Gasteiger charge is 2.26. The number of aryl methyl sites for hydroxylation is 1. The number of hydrogen-bond donors (Lipinski definition) is 1. The van der Waals surface area contributed by atoms with Crippen LogP contribution in [0.15, 0.2) is 46.2 Å². The van der Waals surface area contributed by atoms with Crippen LogP contribution in [0.3, 0.4) is 0 Å². The topological polar surface area (TPSA) is 109 Å². The van der Waals surface area contributed by atoms with Crippen LogP contribution in [0, 0.1) is 12.7 Å². The maximum Gasteiger partial charge on any atom is 0.332 e. The van der Waals surface area contributed by atoms with E-state index in [1.807, 2.05) is 13.8 Å². The molecule has 1 amide bonds. The first kappa shape index (κ1) is 28.2. The molecular weight excluding hydrogens is 525 g/mol. The Kier molecular flexibility index (Phi) is 8.36. The van der Waals surface area contributed by atoms with Crippen LogP contribution >= 0.6 is 11.3 Å². The zero-order chi connectivity index (χ0) is 28.4. The van der Waals surface area contributed by atoms with Gasteiger partial charge in [-0.2, -0.15) is 5.10 Å². The van der Waals surface area contributed by atoms with Gasteiger partial charge in [0.05, 0.1) is 25.1 Å². The first-order valence-corrected chi connectivity index (χ1v) is 13.4. The number of carbonyl (C=O) groups excluding carboxylic acids is 1. The van der Waals surface area contributed by atoms with Gasteiger partial charge in [0.2, 0.25) is 5.91 Å². The highest BCUT2D eigenvalue weighted by atomic mass is 32.1. The second-order valence-corrected chi connectivity index (χ2v) is 10.7. The molecule has 12 heteroatoms. The summed E-state index contributed by atoms with van der Waals surface area (Å²) in [5, 5.41) is 7.98.